The zero-order valence-electron chi connectivity index (χ0n) is 16.4. The van der Waals surface area contributed by atoms with Gasteiger partial charge in [0.2, 0.25) is 0 Å². The summed E-state index contributed by atoms with van der Waals surface area (Å²) in [6.45, 7) is 0.639. The van der Waals surface area contributed by atoms with Gasteiger partial charge in [-0.2, -0.15) is 0 Å². The maximum Gasteiger partial charge on any atom is 0.305 e. The number of benzene rings is 2. The number of rotatable bonds is 10. The molecular formula is C24H31NO3. The van der Waals surface area contributed by atoms with E-state index in [1.807, 2.05) is 0 Å². The fourth-order valence-electron chi connectivity index (χ4n) is 3.98. The first-order valence-electron chi connectivity index (χ1n) is 10.4. The van der Waals surface area contributed by atoms with Crippen LogP contribution < -0.4 is 5.32 Å². The molecule has 4 heteroatoms. The Kier molecular flexibility index (Phi) is 8.07. The van der Waals surface area contributed by atoms with Crippen molar-refractivity contribution in [2.45, 2.75) is 63.1 Å². The van der Waals surface area contributed by atoms with Crippen LogP contribution in [0.3, 0.4) is 0 Å². The van der Waals surface area contributed by atoms with E-state index in [-0.39, 0.29) is 12.5 Å². The number of carbonyl (C=O) groups is 1. The van der Waals surface area contributed by atoms with E-state index in [9.17, 15) is 4.79 Å². The molecule has 2 aromatic rings. The third-order valence-corrected chi connectivity index (χ3v) is 5.49. The minimum Gasteiger partial charge on any atom is -0.481 e. The minimum atomic E-state index is -0.782. The summed E-state index contributed by atoms with van der Waals surface area (Å²) in [5.74, 6) is -0.782. The second-order valence-corrected chi connectivity index (χ2v) is 7.72. The van der Waals surface area contributed by atoms with Gasteiger partial charge >= 0.3 is 5.97 Å². The molecule has 28 heavy (non-hydrogen) atoms. The van der Waals surface area contributed by atoms with Crippen molar-refractivity contribution in [3.8, 4) is 0 Å². The van der Waals surface area contributed by atoms with Crippen LogP contribution >= 0.6 is 0 Å². The molecule has 1 heterocycles. The topological polar surface area (TPSA) is 58.6 Å². The highest BCUT2D eigenvalue weighted by molar-refractivity contribution is 5.67. The lowest BCUT2D eigenvalue weighted by Gasteiger charge is -2.33. The zero-order chi connectivity index (χ0) is 19.6. The highest BCUT2D eigenvalue weighted by Gasteiger charge is 2.26. The lowest BCUT2D eigenvalue weighted by Crippen LogP contribution is -2.45. The molecule has 1 fully saturated rings. The first-order chi connectivity index (χ1) is 13.7. The highest BCUT2D eigenvalue weighted by atomic mass is 16.5. The molecule has 2 N–H and O–H groups in total. The van der Waals surface area contributed by atoms with Gasteiger partial charge in [0.25, 0.3) is 0 Å². The molecule has 0 spiro atoms. The van der Waals surface area contributed by atoms with Gasteiger partial charge in [-0.25, -0.2) is 0 Å². The first kappa shape index (κ1) is 20.6. The van der Waals surface area contributed by atoms with E-state index < -0.39 is 5.97 Å². The summed E-state index contributed by atoms with van der Waals surface area (Å²) < 4.78 is 5.64. The average Bonchev–Trinajstić information content (AvgIpc) is 2.71. The van der Waals surface area contributed by atoms with Gasteiger partial charge in [-0.1, -0.05) is 60.7 Å². The summed E-state index contributed by atoms with van der Waals surface area (Å²) in [6, 6.07) is 22.0. The third kappa shape index (κ3) is 7.10. The van der Waals surface area contributed by atoms with Crippen LogP contribution in [0.1, 0.15) is 43.2 Å². The Hall–Kier alpha value is -2.17. The van der Waals surface area contributed by atoms with Crippen LogP contribution in [0, 0.1) is 0 Å². The van der Waals surface area contributed by atoms with Crippen molar-refractivity contribution in [2.24, 2.45) is 0 Å². The number of nitrogens with one attached hydrogen (secondary N) is 1. The van der Waals surface area contributed by atoms with Crippen LogP contribution in [0.4, 0.5) is 0 Å². The van der Waals surface area contributed by atoms with Crippen LogP contribution in [0.5, 0.6) is 0 Å². The van der Waals surface area contributed by atoms with Gasteiger partial charge in [-0.15, -0.1) is 0 Å². The minimum absolute atomic E-state index is 0.0941. The Morgan fingerprint density at radius 1 is 1.00 bits per heavy atom. The molecule has 0 aromatic heterocycles. The molecule has 4 nitrogen and oxygen atoms in total. The number of hydrogen-bond donors (Lipinski definition) is 2. The van der Waals surface area contributed by atoms with Crippen molar-refractivity contribution in [2.75, 3.05) is 6.61 Å². The summed E-state index contributed by atoms with van der Waals surface area (Å²) in [4.78, 5) is 11.0. The van der Waals surface area contributed by atoms with Gasteiger partial charge < -0.3 is 15.2 Å². The Labute approximate surface area is 167 Å². The Bertz CT molecular complexity index is 661. The van der Waals surface area contributed by atoms with E-state index in [0.717, 1.165) is 38.5 Å². The van der Waals surface area contributed by atoms with Gasteiger partial charge in [0, 0.05) is 18.7 Å². The zero-order valence-corrected chi connectivity index (χ0v) is 16.4. The van der Waals surface area contributed by atoms with E-state index >= 15 is 0 Å². The maximum atomic E-state index is 11.0. The average molecular weight is 382 g/mol. The summed E-state index contributed by atoms with van der Waals surface area (Å²) in [5, 5.41) is 12.9. The van der Waals surface area contributed by atoms with E-state index in [0.29, 0.717) is 18.7 Å². The largest absolute Gasteiger partial charge is 0.481 e. The predicted octanol–water partition coefficient (Wildman–Crippen LogP) is 4.23. The first-order valence-corrected chi connectivity index (χ1v) is 10.4. The summed E-state index contributed by atoms with van der Waals surface area (Å²) in [5.41, 5.74) is 2.73. The molecule has 1 aliphatic rings. The van der Waals surface area contributed by atoms with Crippen molar-refractivity contribution >= 4 is 5.97 Å². The van der Waals surface area contributed by atoms with Crippen molar-refractivity contribution in [3.63, 3.8) is 0 Å². The standard InChI is InChI=1S/C24H31NO3/c26-24(27)18-23-17-22(15-16-28-23)25-21(13-11-19-7-3-1-4-8-19)14-12-20-9-5-2-6-10-20/h1-10,21-23,25H,11-18H2,(H,26,27). The van der Waals surface area contributed by atoms with Crippen LogP contribution in [0.25, 0.3) is 0 Å². The van der Waals surface area contributed by atoms with Gasteiger partial charge in [-0.3, -0.25) is 4.79 Å². The highest BCUT2D eigenvalue weighted by Crippen LogP contribution is 2.19. The van der Waals surface area contributed by atoms with Gasteiger partial charge in [-0.05, 0) is 49.7 Å². The van der Waals surface area contributed by atoms with Crippen molar-refractivity contribution < 1.29 is 14.6 Å². The fraction of sp³-hybridized carbons (Fsp3) is 0.458. The van der Waals surface area contributed by atoms with Crippen molar-refractivity contribution in [1.29, 1.82) is 0 Å². The molecule has 3 rings (SSSR count). The van der Waals surface area contributed by atoms with E-state index in [4.69, 9.17) is 9.84 Å². The smallest absolute Gasteiger partial charge is 0.305 e. The fourth-order valence-corrected chi connectivity index (χ4v) is 3.98. The van der Waals surface area contributed by atoms with E-state index in [1.165, 1.54) is 11.1 Å². The van der Waals surface area contributed by atoms with Crippen LogP contribution in [0.15, 0.2) is 60.7 Å². The Balaban J connectivity index is 1.57. The molecule has 0 saturated carbocycles. The third-order valence-electron chi connectivity index (χ3n) is 5.49. The number of ether oxygens (including phenoxy) is 1. The number of aliphatic carboxylic acids is 1. The molecule has 1 saturated heterocycles. The quantitative estimate of drug-likeness (QED) is 0.646. The SMILES string of the molecule is O=C(O)CC1CC(NC(CCc2ccccc2)CCc2ccccc2)CCO1. The molecule has 1 aliphatic heterocycles. The number of aryl methyl sites for hydroxylation is 2. The normalized spacial score (nSPS) is 19.6. The molecule has 0 radical (unpaired) electrons. The summed E-state index contributed by atoms with van der Waals surface area (Å²) in [6.07, 6.45) is 5.91. The molecule has 0 amide bonds. The van der Waals surface area contributed by atoms with Crippen LogP contribution in [-0.2, 0) is 22.4 Å². The lowest BCUT2D eigenvalue weighted by atomic mass is 9.95. The van der Waals surface area contributed by atoms with Crippen molar-refractivity contribution in [1.82, 2.24) is 5.32 Å². The number of hydrogen-bond acceptors (Lipinski definition) is 3. The maximum absolute atomic E-state index is 11.0. The van der Waals surface area contributed by atoms with E-state index in [2.05, 4.69) is 66.0 Å². The molecule has 0 aliphatic carbocycles. The second kappa shape index (κ2) is 11.0. The lowest BCUT2D eigenvalue weighted by molar-refractivity contribution is -0.141. The summed E-state index contributed by atoms with van der Waals surface area (Å²) >= 11 is 0. The van der Waals surface area contributed by atoms with Gasteiger partial charge in [0.15, 0.2) is 0 Å². The molecular weight excluding hydrogens is 350 g/mol. The molecule has 2 aromatic carbocycles. The number of carboxylic acids is 1. The van der Waals surface area contributed by atoms with Gasteiger partial charge in [0.1, 0.15) is 0 Å². The second-order valence-electron chi connectivity index (χ2n) is 7.72. The molecule has 0 bridgehead atoms. The molecule has 2 unspecified atom stereocenters. The Morgan fingerprint density at radius 2 is 1.57 bits per heavy atom. The van der Waals surface area contributed by atoms with Crippen LogP contribution in [0.2, 0.25) is 0 Å². The van der Waals surface area contributed by atoms with E-state index in [1.54, 1.807) is 0 Å². The number of carboxylic acid groups (broad SMARTS) is 1. The Morgan fingerprint density at radius 3 is 2.11 bits per heavy atom. The predicted molar refractivity (Wildman–Crippen MR) is 111 cm³/mol. The van der Waals surface area contributed by atoms with Crippen molar-refractivity contribution in [3.05, 3.63) is 71.8 Å². The van der Waals surface area contributed by atoms with Crippen LogP contribution in [-0.4, -0.2) is 35.9 Å². The molecule has 150 valence electrons. The molecule has 2 atom stereocenters. The summed E-state index contributed by atoms with van der Waals surface area (Å²) in [7, 11) is 0. The van der Waals surface area contributed by atoms with Gasteiger partial charge in [0.05, 0.1) is 12.5 Å². The monoisotopic (exact) mass is 381 g/mol.